The Kier molecular flexibility index (Phi) is 4.70. The van der Waals surface area contributed by atoms with Gasteiger partial charge in [-0.2, -0.15) is 0 Å². The third kappa shape index (κ3) is 3.63. The summed E-state index contributed by atoms with van der Waals surface area (Å²) in [5.74, 6) is 0.0737. The van der Waals surface area contributed by atoms with Crippen molar-refractivity contribution in [3.8, 4) is 0 Å². The average Bonchev–Trinajstić information content (AvgIpc) is 2.63. The van der Waals surface area contributed by atoms with Gasteiger partial charge in [-0.25, -0.2) is 0 Å². The number of anilines is 1. The Morgan fingerprint density at radius 1 is 1.00 bits per heavy atom. The third-order valence-corrected chi connectivity index (χ3v) is 4.62. The van der Waals surface area contributed by atoms with E-state index in [1.807, 2.05) is 36.9 Å². The summed E-state index contributed by atoms with van der Waals surface area (Å²) in [5.41, 5.74) is 3.88. The smallest absolute Gasteiger partial charge is 0.269 e. The summed E-state index contributed by atoms with van der Waals surface area (Å²) in [5, 5.41) is 10.7. The molecule has 0 N–H and O–H groups in total. The number of nitrogens with zero attached hydrogens (tertiary/aromatic N) is 3. The maximum atomic E-state index is 12.8. The zero-order chi connectivity index (χ0) is 18.0. The second-order valence-corrected chi connectivity index (χ2v) is 6.37. The molecule has 0 unspecified atom stereocenters. The van der Waals surface area contributed by atoms with Gasteiger partial charge in [0.05, 0.1) is 4.92 Å². The van der Waals surface area contributed by atoms with Crippen molar-refractivity contribution in [3.05, 3.63) is 69.3 Å². The molecule has 0 radical (unpaired) electrons. The summed E-state index contributed by atoms with van der Waals surface area (Å²) in [4.78, 5) is 27.1. The Morgan fingerprint density at radius 3 is 2.24 bits per heavy atom. The number of carbonyl (C=O) groups excluding carboxylic acids is 1. The van der Waals surface area contributed by atoms with E-state index in [1.54, 1.807) is 12.1 Å². The van der Waals surface area contributed by atoms with Crippen LogP contribution in [-0.4, -0.2) is 41.9 Å². The fraction of sp³-hybridized carbons (Fsp3) is 0.316. The van der Waals surface area contributed by atoms with Crippen molar-refractivity contribution in [2.24, 2.45) is 0 Å². The largest absolute Gasteiger partial charge is 0.368 e. The van der Waals surface area contributed by atoms with Crippen LogP contribution in [0.2, 0.25) is 0 Å². The molecule has 6 nitrogen and oxygen atoms in total. The second kappa shape index (κ2) is 6.93. The highest BCUT2D eigenvalue weighted by Crippen LogP contribution is 2.21. The number of nitro benzene ring substituents is 1. The van der Waals surface area contributed by atoms with Gasteiger partial charge in [0.2, 0.25) is 0 Å². The molecule has 0 aliphatic carbocycles. The van der Waals surface area contributed by atoms with Crippen LogP contribution in [0.5, 0.6) is 0 Å². The van der Waals surface area contributed by atoms with E-state index in [0.29, 0.717) is 26.2 Å². The molecule has 0 spiro atoms. The molecule has 3 rings (SSSR count). The molecule has 0 saturated carbocycles. The van der Waals surface area contributed by atoms with Crippen molar-refractivity contribution in [1.29, 1.82) is 0 Å². The molecule has 6 heteroatoms. The molecule has 1 aliphatic rings. The quantitative estimate of drug-likeness (QED) is 0.636. The van der Waals surface area contributed by atoms with E-state index in [9.17, 15) is 14.9 Å². The SMILES string of the molecule is Cc1ccc(C)c(C(=O)N2CCN(c3ccc([N+](=O)[O-])cc3)CC2)c1. The highest BCUT2D eigenvalue weighted by atomic mass is 16.6. The first-order valence-corrected chi connectivity index (χ1v) is 8.31. The van der Waals surface area contributed by atoms with Gasteiger partial charge >= 0.3 is 0 Å². The number of carbonyl (C=O) groups is 1. The van der Waals surface area contributed by atoms with E-state index in [4.69, 9.17) is 0 Å². The number of non-ortho nitro benzene ring substituents is 1. The van der Waals surface area contributed by atoms with Gasteiger partial charge in [0.1, 0.15) is 0 Å². The molecule has 0 bridgehead atoms. The monoisotopic (exact) mass is 339 g/mol. The summed E-state index contributed by atoms with van der Waals surface area (Å²) in [6.07, 6.45) is 0. The highest BCUT2D eigenvalue weighted by Gasteiger charge is 2.23. The standard InChI is InChI=1S/C19H21N3O3/c1-14-3-4-15(2)18(13-14)19(23)21-11-9-20(10-12-21)16-5-7-17(8-6-16)22(24)25/h3-8,13H,9-12H2,1-2H3. The lowest BCUT2D eigenvalue weighted by Crippen LogP contribution is -2.49. The lowest BCUT2D eigenvalue weighted by Gasteiger charge is -2.36. The summed E-state index contributed by atoms with van der Waals surface area (Å²) >= 11 is 0. The zero-order valence-electron chi connectivity index (χ0n) is 14.4. The summed E-state index contributed by atoms with van der Waals surface area (Å²) in [7, 11) is 0. The molecule has 2 aromatic rings. The van der Waals surface area contributed by atoms with Crippen LogP contribution in [0, 0.1) is 24.0 Å². The number of piperazine rings is 1. The second-order valence-electron chi connectivity index (χ2n) is 6.37. The fourth-order valence-electron chi connectivity index (χ4n) is 3.09. The molecule has 1 aliphatic heterocycles. The topological polar surface area (TPSA) is 66.7 Å². The minimum Gasteiger partial charge on any atom is -0.368 e. The minimum atomic E-state index is -0.398. The molecule has 0 aromatic heterocycles. The first kappa shape index (κ1) is 17.0. The highest BCUT2D eigenvalue weighted by molar-refractivity contribution is 5.96. The Balaban J connectivity index is 1.66. The van der Waals surface area contributed by atoms with Crippen LogP contribution < -0.4 is 4.90 Å². The number of rotatable bonds is 3. The lowest BCUT2D eigenvalue weighted by atomic mass is 10.0. The summed E-state index contributed by atoms with van der Waals surface area (Å²) in [6, 6.07) is 12.5. The van der Waals surface area contributed by atoms with E-state index in [2.05, 4.69) is 4.90 Å². The molecule has 2 aromatic carbocycles. The lowest BCUT2D eigenvalue weighted by molar-refractivity contribution is -0.384. The first-order chi connectivity index (χ1) is 12.0. The molecule has 0 atom stereocenters. The van der Waals surface area contributed by atoms with Crippen LogP contribution >= 0.6 is 0 Å². The fourth-order valence-corrected chi connectivity index (χ4v) is 3.09. The Morgan fingerprint density at radius 2 is 1.64 bits per heavy atom. The van der Waals surface area contributed by atoms with Gasteiger partial charge in [-0.3, -0.25) is 14.9 Å². The van der Waals surface area contributed by atoms with Crippen LogP contribution in [0.3, 0.4) is 0 Å². The summed E-state index contributed by atoms with van der Waals surface area (Å²) in [6.45, 7) is 6.66. The van der Waals surface area contributed by atoms with Crippen molar-refractivity contribution in [1.82, 2.24) is 4.90 Å². The van der Waals surface area contributed by atoms with E-state index >= 15 is 0 Å². The maximum Gasteiger partial charge on any atom is 0.269 e. The van der Waals surface area contributed by atoms with Gasteiger partial charge in [-0.1, -0.05) is 17.7 Å². The van der Waals surface area contributed by atoms with E-state index in [-0.39, 0.29) is 11.6 Å². The average molecular weight is 339 g/mol. The third-order valence-electron chi connectivity index (χ3n) is 4.62. The molecular formula is C19H21N3O3. The van der Waals surface area contributed by atoms with Crippen LogP contribution in [0.25, 0.3) is 0 Å². The number of hydrogen-bond acceptors (Lipinski definition) is 4. The zero-order valence-corrected chi connectivity index (χ0v) is 14.4. The van der Waals surface area contributed by atoms with E-state index < -0.39 is 4.92 Å². The Hall–Kier alpha value is -2.89. The van der Waals surface area contributed by atoms with Gasteiger partial charge in [-0.15, -0.1) is 0 Å². The molecule has 1 fully saturated rings. The van der Waals surface area contributed by atoms with Crippen molar-refractivity contribution in [2.75, 3.05) is 31.1 Å². The Labute approximate surface area is 146 Å². The van der Waals surface area contributed by atoms with Gasteiger partial charge in [0, 0.05) is 49.6 Å². The summed E-state index contributed by atoms with van der Waals surface area (Å²) < 4.78 is 0. The maximum absolute atomic E-state index is 12.8. The van der Waals surface area contributed by atoms with Gasteiger partial charge in [0.15, 0.2) is 0 Å². The number of nitro groups is 1. The van der Waals surface area contributed by atoms with Gasteiger partial charge in [0.25, 0.3) is 11.6 Å². The molecule has 130 valence electrons. The predicted octanol–water partition coefficient (Wildman–Crippen LogP) is 3.17. The molecule has 1 amide bonds. The predicted molar refractivity (Wildman–Crippen MR) is 97.1 cm³/mol. The minimum absolute atomic E-state index is 0.0737. The first-order valence-electron chi connectivity index (χ1n) is 8.31. The normalized spacial score (nSPS) is 14.5. The van der Waals surface area contributed by atoms with Crippen molar-refractivity contribution in [2.45, 2.75) is 13.8 Å². The van der Waals surface area contributed by atoms with Crippen molar-refractivity contribution < 1.29 is 9.72 Å². The van der Waals surface area contributed by atoms with Crippen LogP contribution in [0.15, 0.2) is 42.5 Å². The molecule has 25 heavy (non-hydrogen) atoms. The van der Waals surface area contributed by atoms with Crippen LogP contribution in [0.4, 0.5) is 11.4 Å². The van der Waals surface area contributed by atoms with Gasteiger partial charge in [-0.05, 0) is 37.6 Å². The molecule has 1 heterocycles. The number of amides is 1. The van der Waals surface area contributed by atoms with E-state index in [0.717, 1.165) is 22.4 Å². The van der Waals surface area contributed by atoms with Gasteiger partial charge < -0.3 is 9.80 Å². The molecule has 1 saturated heterocycles. The number of benzene rings is 2. The van der Waals surface area contributed by atoms with Crippen molar-refractivity contribution >= 4 is 17.3 Å². The number of aryl methyl sites for hydroxylation is 2. The van der Waals surface area contributed by atoms with Crippen LogP contribution in [-0.2, 0) is 0 Å². The molecular weight excluding hydrogens is 318 g/mol. The Bertz CT molecular complexity index is 794. The van der Waals surface area contributed by atoms with Crippen molar-refractivity contribution in [3.63, 3.8) is 0 Å². The van der Waals surface area contributed by atoms with E-state index in [1.165, 1.54) is 12.1 Å². The number of hydrogen-bond donors (Lipinski definition) is 0. The van der Waals surface area contributed by atoms with Crippen LogP contribution in [0.1, 0.15) is 21.5 Å².